The van der Waals surface area contributed by atoms with Gasteiger partial charge in [-0.25, -0.2) is 4.68 Å². The lowest BCUT2D eigenvalue weighted by Crippen LogP contribution is -2.27. The Kier molecular flexibility index (Phi) is 5.34. The number of rotatable bonds is 6. The van der Waals surface area contributed by atoms with Crippen molar-refractivity contribution < 1.29 is 4.79 Å². The molecule has 118 valence electrons. The number of hydrogen-bond acceptors (Lipinski definition) is 5. The molecule has 1 aromatic carbocycles. The van der Waals surface area contributed by atoms with Gasteiger partial charge in [0.15, 0.2) is 0 Å². The van der Waals surface area contributed by atoms with Crippen molar-refractivity contribution in [3.05, 3.63) is 56.0 Å². The van der Waals surface area contributed by atoms with E-state index in [9.17, 15) is 4.79 Å². The quantitative estimate of drug-likeness (QED) is 0.598. The second-order valence-corrected chi connectivity index (χ2v) is 7.97. The van der Waals surface area contributed by atoms with E-state index in [1.807, 2.05) is 24.3 Å². The average Bonchev–Trinajstić information content (AvgIpc) is 3.20. The number of carbonyl (C=O) groups excluding carboxylic acids is 1. The Hall–Kier alpha value is -1.81. The number of tetrazole rings is 1. The van der Waals surface area contributed by atoms with E-state index < -0.39 is 0 Å². The molecule has 0 unspecified atom stereocenters. The van der Waals surface area contributed by atoms with Crippen LogP contribution in [-0.4, -0.2) is 32.7 Å². The zero-order chi connectivity index (χ0) is 16.1. The summed E-state index contributed by atoms with van der Waals surface area (Å²) in [5.41, 5.74) is 1.83. The van der Waals surface area contributed by atoms with Gasteiger partial charge in [-0.1, -0.05) is 12.1 Å². The molecule has 0 bridgehead atoms. The topological polar surface area (TPSA) is 72.7 Å². The molecule has 0 atom stereocenters. The van der Waals surface area contributed by atoms with Crippen LogP contribution in [0, 0.1) is 2.88 Å². The van der Waals surface area contributed by atoms with Gasteiger partial charge >= 0.3 is 0 Å². The molecule has 0 spiro atoms. The van der Waals surface area contributed by atoms with Crippen molar-refractivity contribution >= 4 is 39.8 Å². The summed E-state index contributed by atoms with van der Waals surface area (Å²) in [6.07, 6.45) is 2.78. The van der Waals surface area contributed by atoms with E-state index in [0.717, 1.165) is 17.7 Å². The van der Waals surface area contributed by atoms with Crippen LogP contribution in [0.2, 0.25) is 0 Å². The molecule has 0 radical (unpaired) electrons. The van der Waals surface area contributed by atoms with Crippen LogP contribution in [0.15, 0.2) is 42.7 Å². The predicted octanol–water partition coefficient (Wildman–Crippen LogP) is 2.23. The van der Waals surface area contributed by atoms with E-state index in [4.69, 9.17) is 0 Å². The summed E-state index contributed by atoms with van der Waals surface area (Å²) < 4.78 is 2.85. The Balaban J connectivity index is 1.48. The van der Waals surface area contributed by atoms with E-state index in [2.05, 4.69) is 55.6 Å². The monoisotopic (exact) mass is 439 g/mol. The third-order valence-corrected chi connectivity index (χ3v) is 5.19. The first-order valence-electron chi connectivity index (χ1n) is 7.04. The first-order chi connectivity index (χ1) is 11.2. The highest BCUT2D eigenvalue weighted by atomic mass is 127. The van der Waals surface area contributed by atoms with Crippen LogP contribution < -0.4 is 5.32 Å². The van der Waals surface area contributed by atoms with Crippen LogP contribution in [0.5, 0.6) is 0 Å². The van der Waals surface area contributed by atoms with Gasteiger partial charge in [-0.2, -0.15) is 0 Å². The van der Waals surface area contributed by atoms with Crippen molar-refractivity contribution in [2.75, 3.05) is 6.54 Å². The molecule has 1 amide bonds. The Bertz CT molecular complexity index is 770. The fraction of sp³-hybridized carbons (Fsp3) is 0.200. The smallest absolute Gasteiger partial charge is 0.224 e. The zero-order valence-corrected chi connectivity index (χ0v) is 15.1. The van der Waals surface area contributed by atoms with E-state index in [-0.39, 0.29) is 5.91 Å². The van der Waals surface area contributed by atoms with E-state index in [0.29, 0.717) is 13.0 Å². The summed E-state index contributed by atoms with van der Waals surface area (Å²) in [6, 6.07) is 11.8. The number of hydrogen-bond donors (Lipinski definition) is 1. The van der Waals surface area contributed by atoms with Crippen LogP contribution in [0.3, 0.4) is 0 Å². The van der Waals surface area contributed by atoms with E-state index in [1.54, 1.807) is 16.0 Å². The highest BCUT2D eigenvalue weighted by Crippen LogP contribution is 2.18. The molecule has 0 fully saturated rings. The average molecular weight is 439 g/mol. The van der Waals surface area contributed by atoms with E-state index in [1.165, 1.54) is 14.1 Å². The van der Waals surface area contributed by atoms with Crippen molar-refractivity contribution in [1.29, 1.82) is 0 Å². The summed E-state index contributed by atoms with van der Waals surface area (Å²) in [5.74, 6) is 0.0337. The van der Waals surface area contributed by atoms with Crippen LogP contribution in [0.25, 0.3) is 5.69 Å². The lowest BCUT2D eigenvalue weighted by molar-refractivity contribution is -0.120. The zero-order valence-electron chi connectivity index (χ0n) is 12.1. The molecular formula is C15H14IN5OS. The largest absolute Gasteiger partial charge is 0.355 e. The van der Waals surface area contributed by atoms with Crippen molar-refractivity contribution in [3.8, 4) is 5.69 Å². The fourth-order valence-corrected chi connectivity index (χ4v) is 3.86. The summed E-state index contributed by atoms with van der Waals surface area (Å²) in [7, 11) is 0. The number of amides is 1. The molecule has 1 N–H and O–H groups in total. The summed E-state index contributed by atoms with van der Waals surface area (Å²) >= 11 is 4.06. The molecule has 3 aromatic rings. The van der Waals surface area contributed by atoms with Gasteiger partial charge in [0, 0.05) is 11.4 Å². The van der Waals surface area contributed by atoms with Gasteiger partial charge in [-0.05, 0) is 69.3 Å². The third-order valence-electron chi connectivity index (χ3n) is 3.24. The molecule has 3 rings (SSSR count). The molecule has 8 heteroatoms. The number of carbonyl (C=O) groups is 1. The lowest BCUT2D eigenvalue weighted by Gasteiger charge is -2.05. The van der Waals surface area contributed by atoms with Crippen LogP contribution in [0.1, 0.15) is 10.4 Å². The van der Waals surface area contributed by atoms with Gasteiger partial charge in [-0.15, -0.1) is 16.4 Å². The van der Waals surface area contributed by atoms with Gasteiger partial charge in [0.05, 0.1) is 15.0 Å². The van der Waals surface area contributed by atoms with Crippen molar-refractivity contribution in [2.24, 2.45) is 0 Å². The molecule has 0 aliphatic carbocycles. The highest BCUT2D eigenvalue weighted by Gasteiger charge is 2.05. The SMILES string of the molecule is O=C(Cc1ccc(-n2cnnn2)cc1)NCCc1ccc(I)s1. The van der Waals surface area contributed by atoms with E-state index >= 15 is 0 Å². The van der Waals surface area contributed by atoms with Gasteiger partial charge < -0.3 is 5.32 Å². The Morgan fingerprint density at radius 2 is 2.04 bits per heavy atom. The minimum atomic E-state index is 0.0337. The second kappa shape index (κ2) is 7.64. The minimum Gasteiger partial charge on any atom is -0.355 e. The first kappa shape index (κ1) is 16.1. The number of nitrogens with zero attached hydrogens (tertiary/aromatic N) is 4. The van der Waals surface area contributed by atoms with Gasteiger partial charge in [0.25, 0.3) is 0 Å². The number of benzene rings is 1. The van der Waals surface area contributed by atoms with Gasteiger partial charge in [0.2, 0.25) is 5.91 Å². The fourth-order valence-electron chi connectivity index (χ4n) is 2.11. The highest BCUT2D eigenvalue weighted by molar-refractivity contribution is 14.1. The number of aromatic nitrogens is 4. The standard InChI is InChI=1S/C15H14IN5OS/c16-14-6-5-13(23-14)7-8-17-15(22)9-11-1-3-12(4-2-11)21-10-18-19-20-21/h1-6,10H,7-9H2,(H,17,22). The molecule has 6 nitrogen and oxygen atoms in total. The van der Waals surface area contributed by atoms with Crippen LogP contribution in [0.4, 0.5) is 0 Å². The van der Waals surface area contributed by atoms with Crippen LogP contribution in [-0.2, 0) is 17.6 Å². The maximum absolute atomic E-state index is 12.0. The summed E-state index contributed by atoms with van der Waals surface area (Å²) in [6.45, 7) is 0.665. The van der Waals surface area contributed by atoms with Crippen molar-refractivity contribution in [2.45, 2.75) is 12.8 Å². The summed E-state index contributed by atoms with van der Waals surface area (Å²) in [5, 5.41) is 14.0. The molecular weight excluding hydrogens is 425 g/mol. The van der Waals surface area contributed by atoms with Crippen LogP contribution >= 0.6 is 33.9 Å². The predicted molar refractivity (Wildman–Crippen MR) is 96.6 cm³/mol. The maximum atomic E-state index is 12.0. The van der Waals surface area contributed by atoms with Gasteiger partial charge in [-0.3, -0.25) is 4.79 Å². The Morgan fingerprint density at radius 1 is 1.22 bits per heavy atom. The number of thiophene rings is 1. The normalized spacial score (nSPS) is 10.7. The Morgan fingerprint density at radius 3 is 2.70 bits per heavy atom. The molecule has 0 saturated heterocycles. The molecule has 2 heterocycles. The van der Waals surface area contributed by atoms with Gasteiger partial charge in [0.1, 0.15) is 6.33 Å². The molecule has 23 heavy (non-hydrogen) atoms. The Labute approximate surface area is 151 Å². The lowest BCUT2D eigenvalue weighted by atomic mass is 10.1. The second-order valence-electron chi connectivity index (χ2n) is 4.90. The molecule has 0 saturated carbocycles. The molecule has 0 aliphatic heterocycles. The minimum absolute atomic E-state index is 0.0337. The van der Waals surface area contributed by atoms with Crippen molar-refractivity contribution in [1.82, 2.24) is 25.5 Å². The number of nitrogens with one attached hydrogen (secondary N) is 1. The summed E-state index contributed by atoms with van der Waals surface area (Å²) in [4.78, 5) is 13.3. The molecule has 0 aliphatic rings. The maximum Gasteiger partial charge on any atom is 0.224 e. The third kappa shape index (κ3) is 4.58. The number of halogens is 1. The first-order valence-corrected chi connectivity index (χ1v) is 8.93. The van der Waals surface area contributed by atoms with Crippen molar-refractivity contribution in [3.63, 3.8) is 0 Å². The molecule has 2 aromatic heterocycles.